The molecule has 0 aliphatic rings. The van der Waals surface area contributed by atoms with Crippen molar-refractivity contribution in [2.45, 2.75) is 13.3 Å². The lowest BCUT2D eigenvalue weighted by Gasteiger charge is -1.85. The molecule has 0 saturated heterocycles. The predicted molar refractivity (Wildman–Crippen MR) is 55.0 cm³/mol. The highest BCUT2D eigenvalue weighted by atomic mass is 32.2. The van der Waals surface area contributed by atoms with Crippen LogP contribution in [0.2, 0.25) is 0 Å². The third-order valence-corrected chi connectivity index (χ3v) is 1.39. The van der Waals surface area contributed by atoms with Crippen LogP contribution in [0, 0.1) is 5.41 Å². The Labute approximate surface area is 84.8 Å². The van der Waals surface area contributed by atoms with Crippen LogP contribution in [0.3, 0.4) is 0 Å². The maximum Gasteiger partial charge on any atom is 2.00 e. The Morgan fingerprint density at radius 2 is 1.92 bits per heavy atom. The van der Waals surface area contributed by atoms with Gasteiger partial charge in [0.2, 0.25) is 0 Å². The normalized spacial score (nSPS) is 8.92. The lowest BCUT2D eigenvalue weighted by atomic mass is 10.6. The van der Waals surface area contributed by atoms with Crippen molar-refractivity contribution < 1.29 is 13.0 Å². The van der Waals surface area contributed by atoms with E-state index in [4.69, 9.17) is 9.96 Å². The van der Waals surface area contributed by atoms with E-state index in [1.54, 1.807) is 6.92 Å². The molecule has 0 heterocycles. The van der Waals surface area contributed by atoms with Crippen LogP contribution in [-0.2, 0) is 23.6 Å². The second-order valence-electron chi connectivity index (χ2n) is 1.67. The Bertz CT molecular complexity index is 198. The molecule has 0 spiro atoms. The molecule has 0 amide bonds. The van der Waals surface area contributed by atoms with Crippen molar-refractivity contribution in [1.82, 2.24) is 0 Å². The van der Waals surface area contributed by atoms with E-state index in [2.05, 4.69) is 18.4 Å². The molecule has 8 heteroatoms. The second kappa shape index (κ2) is 9.17. The van der Waals surface area contributed by atoms with Crippen molar-refractivity contribution in [3.63, 3.8) is 0 Å². The Morgan fingerprint density at radius 3 is 1.92 bits per heavy atom. The van der Waals surface area contributed by atoms with Crippen LogP contribution in [0.4, 0.5) is 0 Å². The van der Waals surface area contributed by atoms with Crippen LogP contribution in [0.1, 0.15) is 13.3 Å². The van der Waals surface area contributed by atoms with Gasteiger partial charge in [0.1, 0.15) is 5.17 Å². The first kappa shape index (κ1) is 18.0. The third kappa shape index (κ3) is 49.9. The maximum absolute atomic E-state index is 9.79. The first-order chi connectivity index (χ1) is 4.79. The summed E-state index contributed by atoms with van der Waals surface area (Å²) < 4.78 is 27.6. The van der Waals surface area contributed by atoms with E-state index in [1.165, 1.54) is 0 Å². The maximum atomic E-state index is 9.79. The van der Waals surface area contributed by atoms with Gasteiger partial charge in [0.05, 0.1) is 5.75 Å². The fraction of sp³-hybridized carbons (Fsp3) is 0.750. The van der Waals surface area contributed by atoms with E-state index in [0.29, 0.717) is 6.42 Å². The summed E-state index contributed by atoms with van der Waals surface area (Å²) >= 11 is 3.33. The van der Waals surface area contributed by atoms with Gasteiger partial charge in [-0.05, 0) is 6.42 Å². The Morgan fingerprint density at radius 1 is 1.67 bits per heavy atom. The second-order valence-corrected chi connectivity index (χ2v) is 3.73. The van der Waals surface area contributed by atoms with Crippen molar-refractivity contribution in [3.8, 4) is 0 Å². The minimum absolute atomic E-state index is 0. The molecule has 0 saturated carbocycles. The quantitative estimate of drug-likeness (QED) is 0.234. The molecule has 0 unspecified atom stereocenters. The van der Waals surface area contributed by atoms with Crippen LogP contribution in [0.15, 0.2) is 0 Å². The summed E-state index contributed by atoms with van der Waals surface area (Å²) in [7, 11) is -3.67. The van der Waals surface area contributed by atoms with E-state index in [0.717, 1.165) is 0 Å². The number of amidine groups is 1. The third-order valence-electron chi connectivity index (χ3n) is 0.462. The highest BCUT2D eigenvalue weighted by Crippen LogP contribution is 1.83. The Hall–Kier alpha value is 0.0800. The van der Waals surface area contributed by atoms with Gasteiger partial charge in [0.25, 0.3) is 10.1 Å². The molecule has 0 aromatic rings. The SMILES string of the molecule is CCCS(=O)(=O)O.N=C(N)S.[S+2]. The molecule has 0 fully saturated rings. The van der Waals surface area contributed by atoms with Crippen LogP contribution in [0.25, 0.3) is 0 Å². The van der Waals surface area contributed by atoms with Crippen molar-refractivity contribution in [1.29, 1.82) is 5.41 Å². The van der Waals surface area contributed by atoms with Crippen LogP contribution in [0.5, 0.6) is 0 Å². The standard InChI is InChI=1S/C3H8O3S.CH4N2S.S/c1-2-3-7(4,5)6;2-1(3)4;/h2-3H2,1H3,(H,4,5,6);(H4,2,3,4);/q;;+2. The molecule has 0 rings (SSSR count). The molecule has 0 aromatic heterocycles. The van der Waals surface area contributed by atoms with Gasteiger partial charge in [-0.2, -0.15) is 8.42 Å². The fourth-order valence-corrected chi connectivity index (χ4v) is 0.774. The van der Waals surface area contributed by atoms with Gasteiger partial charge in [-0.3, -0.25) is 9.96 Å². The number of nitrogens with one attached hydrogen (secondary N) is 1. The number of hydrogen-bond acceptors (Lipinski definition) is 3. The molecular formula is C4H12N2O3S3+2. The monoisotopic (exact) mass is 232 g/mol. The summed E-state index contributed by atoms with van der Waals surface area (Å²) in [6, 6.07) is 0. The van der Waals surface area contributed by atoms with Gasteiger partial charge in [-0.25, -0.2) is 0 Å². The average molecular weight is 232 g/mol. The molecule has 4 radical (unpaired) electrons. The summed E-state index contributed by atoms with van der Waals surface area (Å²) in [5, 5.41) is 6.00. The molecule has 0 aliphatic carbocycles. The van der Waals surface area contributed by atoms with Gasteiger partial charge in [-0.15, -0.1) is 12.6 Å². The number of rotatable bonds is 2. The zero-order valence-electron chi connectivity index (χ0n) is 6.52. The molecule has 0 atom stereocenters. The van der Waals surface area contributed by atoms with Crippen LogP contribution < -0.4 is 5.73 Å². The number of hydrogen-bond donors (Lipinski definition) is 4. The van der Waals surface area contributed by atoms with Gasteiger partial charge >= 0.3 is 13.5 Å². The first-order valence-electron chi connectivity index (χ1n) is 2.77. The van der Waals surface area contributed by atoms with Crippen molar-refractivity contribution in [2.24, 2.45) is 5.73 Å². The summed E-state index contributed by atoms with van der Waals surface area (Å²) in [6.07, 6.45) is 0.471. The number of thiol groups is 1. The largest absolute Gasteiger partial charge is 2.00 e. The smallest absolute Gasteiger partial charge is 0.379 e. The molecule has 4 N–H and O–H groups in total. The minimum Gasteiger partial charge on any atom is -0.379 e. The van der Waals surface area contributed by atoms with Crippen molar-refractivity contribution >= 4 is 41.4 Å². The highest BCUT2D eigenvalue weighted by molar-refractivity contribution is 7.96. The van der Waals surface area contributed by atoms with E-state index < -0.39 is 10.1 Å². The van der Waals surface area contributed by atoms with E-state index >= 15 is 0 Å². The molecule has 5 nitrogen and oxygen atoms in total. The fourth-order valence-electron chi connectivity index (χ4n) is 0.258. The molecule has 72 valence electrons. The molecule has 0 aromatic carbocycles. The predicted octanol–water partition coefficient (Wildman–Crippen LogP) is 0.0915. The highest BCUT2D eigenvalue weighted by Gasteiger charge is 2.00. The lowest BCUT2D eigenvalue weighted by molar-refractivity contribution is 0.482. The van der Waals surface area contributed by atoms with Gasteiger partial charge in [0, 0.05) is 0 Å². The zero-order chi connectivity index (χ0) is 9.49. The molecule has 0 aliphatic heterocycles. The minimum atomic E-state index is -3.67. The topological polar surface area (TPSA) is 104 Å². The zero-order valence-corrected chi connectivity index (χ0v) is 9.05. The van der Waals surface area contributed by atoms with Gasteiger partial charge < -0.3 is 5.73 Å². The summed E-state index contributed by atoms with van der Waals surface area (Å²) in [4.78, 5) is 0. The summed E-state index contributed by atoms with van der Waals surface area (Å²) in [5.74, 6) is -0.132. The van der Waals surface area contributed by atoms with Crippen molar-refractivity contribution in [3.05, 3.63) is 0 Å². The van der Waals surface area contributed by atoms with Gasteiger partial charge in [-0.1, -0.05) is 6.92 Å². The van der Waals surface area contributed by atoms with Crippen LogP contribution in [-0.4, -0.2) is 23.9 Å². The lowest BCUT2D eigenvalue weighted by Crippen LogP contribution is -2.01. The molecule has 0 bridgehead atoms. The Balaban J connectivity index is -0.000000142. The van der Waals surface area contributed by atoms with Gasteiger partial charge in [0.15, 0.2) is 0 Å². The first-order valence-corrected chi connectivity index (χ1v) is 4.83. The molecule has 12 heavy (non-hydrogen) atoms. The summed E-state index contributed by atoms with van der Waals surface area (Å²) in [5.41, 5.74) is 4.56. The average Bonchev–Trinajstić information content (AvgIpc) is 1.58. The summed E-state index contributed by atoms with van der Waals surface area (Å²) in [6.45, 7) is 1.69. The van der Waals surface area contributed by atoms with E-state index in [1.807, 2.05) is 0 Å². The van der Waals surface area contributed by atoms with E-state index in [-0.39, 0.29) is 24.4 Å². The van der Waals surface area contributed by atoms with Crippen molar-refractivity contribution in [2.75, 3.05) is 5.75 Å². The van der Waals surface area contributed by atoms with E-state index in [9.17, 15) is 8.42 Å². The number of nitrogens with two attached hydrogens (primary N) is 1. The Kier molecular flexibility index (Phi) is 13.7. The van der Waals surface area contributed by atoms with Crippen LogP contribution >= 0.6 is 12.6 Å². The molecular weight excluding hydrogens is 220 g/mol.